The van der Waals surface area contributed by atoms with Crippen molar-refractivity contribution >= 4 is 22.6 Å². The van der Waals surface area contributed by atoms with E-state index in [9.17, 15) is 35.6 Å². The molecule has 1 saturated carbocycles. The molecule has 0 aliphatic heterocycles. The summed E-state index contributed by atoms with van der Waals surface area (Å²) < 4.78 is 92.2. The first kappa shape index (κ1) is 26.6. The predicted molar refractivity (Wildman–Crippen MR) is 97.5 cm³/mol. The van der Waals surface area contributed by atoms with Crippen molar-refractivity contribution in [3.8, 4) is 0 Å². The van der Waals surface area contributed by atoms with Gasteiger partial charge in [-0.3, -0.25) is 14.1 Å². The summed E-state index contributed by atoms with van der Waals surface area (Å²) in [7, 11) is -6.25. The van der Waals surface area contributed by atoms with Crippen LogP contribution < -0.4 is 0 Å². The molecule has 7 nitrogen and oxygen atoms in total. The van der Waals surface area contributed by atoms with Crippen molar-refractivity contribution in [2.24, 2.45) is 11.8 Å². The van der Waals surface area contributed by atoms with Crippen LogP contribution in [0.5, 0.6) is 0 Å². The topological polar surface area (TPSA) is 107 Å². The highest BCUT2D eigenvalue weighted by Crippen LogP contribution is 2.41. The summed E-state index contributed by atoms with van der Waals surface area (Å²) in [6, 6.07) is 0. The molecule has 1 rings (SSSR count). The summed E-state index contributed by atoms with van der Waals surface area (Å²) in [5.74, 6) is -5.89. The highest BCUT2D eigenvalue weighted by molar-refractivity contribution is 7.87. The van der Waals surface area contributed by atoms with Crippen LogP contribution in [0.25, 0.3) is 0 Å². The Labute approximate surface area is 173 Å². The Morgan fingerprint density at radius 3 is 2.40 bits per heavy atom. The van der Waals surface area contributed by atoms with Crippen molar-refractivity contribution in [3.05, 3.63) is 0 Å². The smallest absolute Gasteiger partial charge is 0.431 e. The summed E-state index contributed by atoms with van der Waals surface area (Å²) in [4.78, 5) is 22.9. The number of ether oxygens (including phenoxy) is 2. The number of hydrogen-bond donors (Lipinski definition) is 1. The molecule has 1 aliphatic rings. The number of hydrogen-bond acceptors (Lipinski definition) is 6. The van der Waals surface area contributed by atoms with Crippen LogP contribution in [0.3, 0.4) is 0 Å². The zero-order valence-electron chi connectivity index (χ0n) is 16.7. The number of unbranched alkanes of at least 4 members (excludes halogenated alkanes) is 2. The van der Waals surface area contributed by atoms with E-state index in [1.54, 1.807) is 0 Å². The summed E-state index contributed by atoms with van der Waals surface area (Å²) in [6.07, 6.45) is 1.59. The van der Waals surface area contributed by atoms with E-state index in [-0.39, 0.29) is 25.0 Å². The molecule has 0 amide bonds. The Morgan fingerprint density at radius 1 is 1.17 bits per heavy atom. The maximum atomic E-state index is 13.4. The second kappa shape index (κ2) is 11.3. The largest absolute Gasteiger partial charge is 0.465 e. The predicted octanol–water partition coefficient (Wildman–Crippen LogP) is 3.96. The molecule has 3 atom stereocenters. The van der Waals surface area contributed by atoms with E-state index < -0.39 is 46.0 Å². The van der Waals surface area contributed by atoms with Gasteiger partial charge in [-0.1, -0.05) is 19.8 Å². The quantitative estimate of drug-likeness (QED) is 0.145. The molecule has 176 valence electrons. The van der Waals surface area contributed by atoms with Crippen LogP contribution in [-0.4, -0.2) is 49.3 Å². The van der Waals surface area contributed by atoms with Gasteiger partial charge in [0, 0.05) is 6.42 Å². The maximum Gasteiger partial charge on any atom is 0.431 e. The first-order valence-corrected chi connectivity index (χ1v) is 11.3. The minimum atomic E-state index is -6.25. The van der Waals surface area contributed by atoms with E-state index in [1.165, 1.54) is 0 Å². The lowest BCUT2D eigenvalue weighted by atomic mass is 9.77. The minimum absolute atomic E-state index is 0.0165. The second-order valence-electron chi connectivity index (χ2n) is 7.50. The molecule has 0 saturated heterocycles. The number of carbonyl (C=O) groups is 2. The van der Waals surface area contributed by atoms with E-state index in [2.05, 4.69) is 0 Å². The fraction of sp³-hybridized carbons (Fsp3) is 0.889. The van der Waals surface area contributed by atoms with Gasteiger partial charge in [0.25, 0.3) is 6.47 Å². The number of rotatable bonds is 13. The molecule has 12 heteroatoms. The van der Waals surface area contributed by atoms with E-state index in [1.807, 2.05) is 6.92 Å². The molecule has 0 aromatic carbocycles. The van der Waals surface area contributed by atoms with E-state index in [4.69, 9.17) is 14.0 Å². The van der Waals surface area contributed by atoms with E-state index >= 15 is 0 Å². The van der Waals surface area contributed by atoms with Crippen LogP contribution in [0.15, 0.2) is 0 Å². The Kier molecular flexibility index (Phi) is 9.99. The molecular formula is C18H28F4O7S. The van der Waals surface area contributed by atoms with Crippen molar-refractivity contribution in [2.75, 3.05) is 6.61 Å². The Morgan fingerprint density at radius 2 is 1.83 bits per heavy atom. The molecule has 0 heterocycles. The fourth-order valence-corrected chi connectivity index (χ4v) is 4.02. The molecule has 1 aliphatic carbocycles. The van der Waals surface area contributed by atoms with Gasteiger partial charge < -0.3 is 9.47 Å². The molecule has 1 N–H and O–H groups in total. The van der Waals surface area contributed by atoms with Crippen molar-refractivity contribution in [2.45, 2.75) is 82.0 Å². The van der Waals surface area contributed by atoms with Crippen molar-refractivity contribution in [1.82, 2.24) is 0 Å². The summed E-state index contributed by atoms with van der Waals surface area (Å²) in [6.45, 7) is 2.12. The monoisotopic (exact) mass is 464 g/mol. The van der Waals surface area contributed by atoms with Gasteiger partial charge in [0.05, 0.1) is 12.5 Å². The van der Waals surface area contributed by atoms with Gasteiger partial charge in [0.15, 0.2) is 0 Å². The van der Waals surface area contributed by atoms with Crippen molar-refractivity contribution in [3.63, 3.8) is 0 Å². The molecule has 30 heavy (non-hydrogen) atoms. The van der Waals surface area contributed by atoms with Crippen molar-refractivity contribution < 1.29 is 49.6 Å². The number of alkyl halides is 4. The van der Waals surface area contributed by atoms with Gasteiger partial charge in [-0.05, 0) is 44.4 Å². The highest BCUT2D eigenvalue weighted by atomic mass is 32.2. The maximum absolute atomic E-state index is 13.4. The molecule has 1 fully saturated rings. The van der Waals surface area contributed by atoms with Crippen LogP contribution in [0.2, 0.25) is 0 Å². The summed E-state index contributed by atoms with van der Waals surface area (Å²) in [5, 5.41) is -5.59. The normalized spacial score (nSPS) is 23.1. The lowest BCUT2D eigenvalue weighted by molar-refractivity contribution is -0.165. The van der Waals surface area contributed by atoms with Crippen LogP contribution >= 0.6 is 0 Å². The lowest BCUT2D eigenvalue weighted by Crippen LogP contribution is -2.46. The Bertz CT molecular complexity index is 669. The summed E-state index contributed by atoms with van der Waals surface area (Å²) >= 11 is 0. The van der Waals surface area contributed by atoms with Crippen LogP contribution in [0.4, 0.5) is 17.6 Å². The lowest BCUT2D eigenvalue weighted by Gasteiger charge is -2.34. The third-order valence-electron chi connectivity index (χ3n) is 5.28. The Balaban J connectivity index is 2.45. The highest BCUT2D eigenvalue weighted by Gasteiger charge is 2.64. The third kappa shape index (κ3) is 7.07. The average Bonchev–Trinajstić information content (AvgIpc) is 2.65. The fourth-order valence-electron chi connectivity index (χ4n) is 3.54. The SMILES string of the molecule is CCCCC1CC(C(=O)OCCCCC(F)(F)C(F)(F)S(=O)(=O)O)CCC1OC=O. The zero-order chi connectivity index (χ0) is 23.0. The summed E-state index contributed by atoms with van der Waals surface area (Å²) in [5.41, 5.74) is 0. The third-order valence-corrected chi connectivity index (χ3v) is 6.23. The van der Waals surface area contributed by atoms with Gasteiger partial charge in [-0.25, -0.2) is 0 Å². The molecule has 0 aromatic rings. The van der Waals surface area contributed by atoms with Gasteiger partial charge in [0.2, 0.25) is 0 Å². The standard InChI is InChI=1S/C18H28F4O7S/c1-2-3-6-13-11-14(7-8-15(13)29-12-23)16(24)28-10-5-4-9-17(19,20)18(21,22)30(25,26)27/h12-15H,2-11H2,1H3,(H,25,26,27). The number of esters is 1. The molecule has 0 aromatic heterocycles. The van der Waals surface area contributed by atoms with E-state index in [0.717, 1.165) is 19.3 Å². The number of halogens is 4. The average molecular weight is 464 g/mol. The number of carbonyl (C=O) groups excluding carboxylic acids is 2. The van der Waals surface area contributed by atoms with Gasteiger partial charge in [-0.15, -0.1) is 0 Å². The first-order valence-electron chi connectivity index (χ1n) is 9.85. The van der Waals surface area contributed by atoms with Gasteiger partial charge in [0.1, 0.15) is 6.10 Å². The van der Waals surface area contributed by atoms with Gasteiger partial charge in [-0.2, -0.15) is 26.0 Å². The first-order chi connectivity index (χ1) is 13.9. The minimum Gasteiger partial charge on any atom is -0.465 e. The molecule has 0 radical (unpaired) electrons. The van der Waals surface area contributed by atoms with Gasteiger partial charge >= 0.3 is 27.3 Å². The van der Waals surface area contributed by atoms with Crippen LogP contribution in [-0.2, 0) is 29.2 Å². The zero-order valence-corrected chi connectivity index (χ0v) is 17.5. The van der Waals surface area contributed by atoms with Crippen LogP contribution in [0, 0.1) is 11.8 Å². The Hall–Kier alpha value is -1.43. The van der Waals surface area contributed by atoms with E-state index in [0.29, 0.717) is 25.7 Å². The molecule has 0 spiro atoms. The molecule has 0 bridgehead atoms. The molecule has 3 unspecified atom stereocenters. The molecular weight excluding hydrogens is 436 g/mol. The van der Waals surface area contributed by atoms with Crippen LogP contribution in [0.1, 0.15) is 64.7 Å². The second-order valence-corrected chi connectivity index (χ2v) is 8.97. The van der Waals surface area contributed by atoms with Crippen molar-refractivity contribution in [1.29, 1.82) is 0 Å².